The number of sulfonamides is 1. The van der Waals surface area contributed by atoms with Gasteiger partial charge in [-0.3, -0.25) is 4.79 Å². The molecule has 146 valence electrons. The maximum atomic E-state index is 14.3. The Balaban J connectivity index is 2.03. The van der Waals surface area contributed by atoms with Crippen LogP contribution in [0.4, 0.5) is 10.1 Å². The predicted molar refractivity (Wildman–Crippen MR) is 102 cm³/mol. The fraction of sp³-hybridized carbons (Fsp3) is 0.278. The first-order chi connectivity index (χ1) is 12.8. The molecule has 2 N–H and O–H groups in total. The average Bonchev–Trinajstić information content (AvgIpc) is 2.63. The van der Waals surface area contributed by atoms with Crippen LogP contribution in [0.3, 0.4) is 0 Å². The molecule has 2 aromatic rings. The zero-order valence-electron chi connectivity index (χ0n) is 14.7. The van der Waals surface area contributed by atoms with E-state index in [0.29, 0.717) is 30.2 Å². The van der Waals surface area contributed by atoms with Gasteiger partial charge in [0.15, 0.2) is 0 Å². The fourth-order valence-electron chi connectivity index (χ4n) is 2.17. The Bertz CT molecular complexity index is 889. The Labute approximate surface area is 162 Å². The lowest BCUT2D eigenvalue weighted by Gasteiger charge is -2.10. The largest absolute Gasteiger partial charge is 0.382 e. The van der Waals surface area contributed by atoms with Crippen LogP contribution in [0.1, 0.15) is 23.7 Å². The molecule has 1 amide bonds. The van der Waals surface area contributed by atoms with Crippen molar-refractivity contribution >= 4 is 33.2 Å². The summed E-state index contributed by atoms with van der Waals surface area (Å²) in [6.07, 6.45) is 0.505. The summed E-state index contributed by atoms with van der Waals surface area (Å²) in [5, 5.41) is 2.88. The van der Waals surface area contributed by atoms with Crippen molar-refractivity contribution in [3.05, 3.63) is 58.9 Å². The van der Waals surface area contributed by atoms with Gasteiger partial charge in [0, 0.05) is 30.3 Å². The molecule has 0 radical (unpaired) electrons. The molecule has 9 heteroatoms. The van der Waals surface area contributed by atoms with E-state index in [1.807, 2.05) is 6.92 Å². The van der Waals surface area contributed by atoms with Gasteiger partial charge in [-0.1, -0.05) is 11.6 Å². The number of carbonyl (C=O) groups excluding carboxylic acids is 1. The van der Waals surface area contributed by atoms with Crippen LogP contribution in [0.15, 0.2) is 47.4 Å². The average molecular weight is 415 g/mol. The molecule has 0 saturated heterocycles. The van der Waals surface area contributed by atoms with Gasteiger partial charge in [0.2, 0.25) is 10.0 Å². The Morgan fingerprint density at radius 2 is 1.89 bits per heavy atom. The number of hydrogen-bond donors (Lipinski definition) is 2. The lowest BCUT2D eigenvalue weighted by Crippen LogP contribution is -2.25. The number of ether oxygens (including phenoxy) is 1. The van der Waals surface area contributed by atoms with Crippen LogP contribution in [0.25, 0.3) is 0 Å². The third-order valence-corrected chi connectivity index (χ3v) is 5.28. The lowest BCUT2D eigenvalue weighted by molar-refractivity contribution is 0.102. The quantitative estimate of drug-likeness (QED) is 0.615. The second-order valence-electron chi connectivity index (χ2n) is 5.55. The van der Waals surface area contributed by atoms with Gasteiger partial charge in [0.05, 0.1) is 10.6 Å². The molecule has 27 heavy (non-hydrogen) atoms. The molecule has 0 aliphatic rings. The smallest absolute Gasteiger partial charge is 0.255 e. The molecule has 0 heterocycles. The molecule has 0 atom stereocenters. The van der Waals surface area contributed by atoms with Gasteiger partial charge in [0.25, 0.3) is 5.91 Å². The number of amides is 1. The second-order valence-corrected chi connectivity index (χ2v) is 7.75. The Hall–Kier alpha value is -2.00. The van der Waals surface area contributed by atoms with Crippen LogP contribution in [0, 0.1) is 5.82 Å². The molecule has 0 aliphatic heterocycles. The molecule has 0 unspecified atom stereocenters. The summed E-state index contributed by atoms with van der Waals surface area (Å²) in [5.41, 5.74) is 0.178. The van der Waals surface area contributed by atoms with Gasteiger partial charge in [-0.05, 0) is 55.8 Å². The zero-order valence-corrected chi connectivity index (χ0v) is 16.2. The minimum Gasteiger partial charge on any atom is -0.382 e. The van der Waals surface area contributed by atoms with E-state index in [4.69, 9.17) is 16.3 Å². The highest BCUT2D eigenvalue weighted by Crippen LogP contribution is 2.20. The highest BCUT2D eigenvalue weighted by atomic mass is 35.5. The number of nitrogens with one attached hydrogen (secondary N) is 2. The minimum absolute atomic E-state index is 0.120. The summed E-state index contributed by atoms with van der Waals surface area (Å²) >= 11 is 5.76. The van der Waals surface area contributed by atoms with Gasteiger partial charge in [-0.25, -0.2) is 17.5 Å². The summed E-state index contributed by atoms with van der Waals surface area (Å²) < 4.78 is 46.1. The third-order valence-electron chi connectivity index (χ3n) is 3.57. The van der Waals surface area contributed by atoms with E-state index in [-0.39, 0.29) is 17.1 Å². The first-order valence-corrected chi connectivity index (χ1v) is 10.1. The fourth-order valence-corrected chi connectivity index (χ4v) is 3.38. The van der Waals surface area contributed by atoms with Crippen LogP contribution >= 0.6 is 11.6 Å². The van der Waals surface area contributed by atoms with E-state index >= 15 is 0 Å². The van der Waals surface area contributed by atoms with E-state index in [1.165, 1.54) is 24.3 Å². The van der Waals surface area contributed by atoms with Crippen molar-refractivity contribution in [3.63, 3.8) is 0 Å². The summed E-state index contributed by atoms with van der Waals surface area (Å²) in [6, 6.07) is 9.38. The highest BCUT2D eigenvalue weighted by molar-refractivity contribution is 7.89. The zero-order chi connectivity index (χ0) is 19.9. The monoisotopic (exact) mass is 414 g/mol. The Morgan fingerprint density at radius 3 is 2.52 bits per heavy atom. The van der Waals surface area contributed by atoms with E-state index in [1.54, 1.807) is 12.1 Å². The van der Waals surface area contributed by atoms with Crippen molar-refractivity contribution in [3.8, 4) is 0 Å². The Kier molecular flexibility index (Phi) is 7.73. The van der Waals surface area contributed by atoms with Crippen LogP contribution in [-0.4, -0.2) is 34.1 Å². The molecule has 0 spiro atoms. The van der Waals surface area contributed by atoms with Crippen molar-refractivity contribution in [1.29, 1.82) is 0 Å². The van der Waals surface area contributed by atoms with E-state index in [2.05, 4.69) is 10.0 Å². The summed E-state index contributed by atoms with van der Waals surface area (Å²) in [7, 11) is -3.85. The normalized spacial score (nSPS) is 11.4. The number of carbonyl (C=O) groups is 1. The van der Waals surface area contributed by atoms with Gasteiger partial charge in [0.1, 0.15) is 5.82 Å². The molecule has 0 fully saturated rings. The van der Waals surface area contributed by atoms with Crippen LogP contribution < -0.4 is 10.0 Å². The summed E-state index contributed by atoms with van der Waals surface area (Å²) in [4.78, 5) is 11.9. The number of halogens is 2. The number of hydrogen-bond acceptors (Lipinski definition) is 4. The van der Waals surface area contributed by atoms with Crippen molar-refractivity contribution in [2.24, 2.45) is 0 Å². The molecular weight excluding hydrogens is 395 g/mol. The first kappa shape index (κ1) is 21.3. The highest BCUT2D eigenvalue weighted by Gasteiger charge is 2.17. The molecular formula is C18H20ClFN2O4S. The van der Waals surface area contributed by atoms with E-state index < -0.39 is 21.7 Å². The number of benzene rings is 2. The summed E-state index contributed by atoms with van der Waals surface area (Å²) in [5.74, 6) is -1.38. The van der Waals surface area contributed by atoms with E-state index in [9.17, 15) is 17.6 Å². The number of rotatable bonds is 9. The van der Waals surface area contributed by atoms with Crippen molar-refractivity contribution in [2.75, 3.05) is 25.1 Å². The molecule has 0 bridgehead atoms. The predicted octanol–water partition coefficient (Wildman–Crippen LogP) is 3.44. The first-order valence-electron chi connectivity index (χ1n) is 8.27. The maximum Gasteiger partial charge on any atom is 0.255 e. The molecule has 0 aliphatic carbocycles. The van der Waals surface area contributed by atoms with Crippen molar-refractivity contribution < 1.29 is 22.3 Å². The SMILES string of the molecule is CCOCCCNS(=O)(=O)c1ccc(NC(=O)c2ccc(Cl)cc2)c(F)c1. The molecule has 2 aromatic carbocycles. The van der Waals surface area contributed by atoms with Crippen molar-refractivity contribution in [2.45, 2.75) is 18.2 Å². The minimum atomic E-state index is -3.85. The molecule has 0 saturated carbocycles. The Morgan fingerprint density at radius 1 is 1.19 bits per heavy atom. The van der Waals surface area contributed by atoms with Crippen molar-refractivity contribution in [1.82, 2.24) is 4.72 Å². The van der Waals surface area contributed by atoms with Gasteiger partial charge < -0.3 is 10.1 Å². The third kappa shape index (κ3) is 6.28. The van der Waals surface area contributed by atoms with Crippen LogP contribution in [0.5, 0.6) is 0 Å². The van der Waals surface area contributed by atoms with E-state index in [0.717, 1.165) is 6.07 Å². The van der Waals surface area contributed by atoms with Crippen LogP contribution in [-0.2, 0) is 14.8 Å². The van der Waals surface area contributed by atoms with Gasteiger partial charge in [-0.15, -0.1) is 0 Å². The number of anilines is 1. The lowest BCUT2D eigenvalue weighted by atomic mass is 10.2. The summed E-state index contributed by atoms with van der Waals surface area (Å²) in [6.45, 7) is 3.02. The molecule has 0 aromatic heterocycles. The van der Waals surface area contributed by atoms with Crippen LogP contribution in [0.2, 0.25) is 5.02 Å². The maximum absolute atomic E-state index is 14.3. The molecule has 2 rings (SSSR count). The topological polar surface area (TPSA) is 84.5 Å². The van der Waals surface area contributed by atoms with Gasteiger partial charge in [-0.2, -0.15) is 0 Å². The molecule has 6 nitrogen and oxygen atoms in total. The van der Waals surface area contributed by atoms with Gasteiger partial charge >= 0.3 is 0 Å². The standard InChI is InChI=1S/C18H20ClFN2O4S/c1-2-26-11-3-10-21-27(24,25)15-8-9-17(16(20)12-15)22-18(23)13-4-6-14(19)7-5-13/h4-9,12,21H,2-3,10-11H2,1H3,(H,22,23). The second kappa shape index (κ2) is 9.80.